The molecule has 51 heavy (non-hydrogen) atoms. The molecular weight excluding hydrogens is 662 g/mol. The highest BCUT2D eigenvalue weighted by Gasteiger charge is 2.42. The van der Waals surface area contributed by atoms with Crippen LogP contribution in [0.1, 0.15) is 63.4 Å². The van der Waals surface area contributed by atoms with Gasteiger partial charge < -0.3 is 43.3 Å². The molecule has 1 aliphatic carbocycles. The number of ether oxygens (including phenoxy) is 6. The molecule has 2 aromatic carbocycles. The number of piperidine rings is 1. The van der Waals surface area contributed by atoms with E-state index in [9.17, 15) is 9.90 Å². The first-order valence-electron chi connectivity index (χ1n) is 18.3. The zero-order valence-electron chi connectivity index (χ0n) is 29.7. The van der Waals surface area contributed by atoms with Gasteiger partial charge in [-0.2, -0.15) is 0 Å². The summed E-state index contributed by atoms with van der Waals surface area (Å²) >= 11 is 0. The number of para-hydroxylation sites is 1. The molecule has 3 unspecified atom stereocenters. The van der Waals surface area contributed by atoms with Crippen LogP contribution in [-0.4, -0.2) is 122 Å². The number of amides is 1. The third kappa shape index (κ3) is 12.5. The van der Waals surface area contributed by atoms with Crippen molar-refractivity contribution in [1.82, 2.24) is 10.3 Å². The second kappa shape index (κ2) is 20.7. The average molecular weight is 718 g/mol. The predicted molar refractivity (Wildman–Crippen MR) is 186 cm³/mol. The molecule has 1 saturated heterocycles. The van der Waals surface area contributed by atoms with Crippen LogP contribution in [0.25, 0.3) is 0 Å². The van der Waals surface area contributed by atoms with Gasteiger partial charge in [0.05, 0.1) is 62.7 Å². The Kier molecular flexibility index (Phi) is 15.9. The number of carbonyl (C=O) groups is 1. The Labute approximate surface area is 300 Å². The number of fused-ring (bicyclic) bond motifs is 1. The van der Waals surface area contributed by atoms with E-state index in [0.29, 0.717) is 26.1 Å². The van der Waals surface area contributed by atoms with Crippen molar-refractivity contribution in [3.8, 4) is 11.5 Å². The lowest BCUT2D eigenvalue weighted by Gasteiger charge is -2.43. The standard InChI is InChI=1S/C37H55N3O11/c1-45-20-9-18-38-19-23-46-34-17-12-28(24-32(34)38)27-48-35-26-39(37(42)47-21-7-2-3-8-22-49-40(43)44)25-33(41)36(35)51-31-15-13-30(14-16-31)50-29-10-5-4-6-11-29/h4-6,10-12,17,24,30-31,33,35-36,41,43-44H,2-3,7-9,13-16,18-23,25-27H2,1H3. The molecule has 0 spiro atoms. The molecular formula is C37H55N3O11. The number of nitrogens with zero attached hydrogens (tertiary/aromatic N) is 3. The fourth-order valence-corrected chi connectivity index (χ4v) is 6.85. The number of benzene rings is 2. The number of aliphatic hydroxyl groups is 1. The summed E-state index contributed by atoms with van der Waals surface area (Å²) in [6.07, 6.45) is 4.44. The van der Waals surface area contributed by atoms with Crippen molar-refractivity contribution in [3.05, 3.63) is 54.1 Å². The van der Waals surface area contributed by atoms with E-state index >= 15 is 0 Å². The summed E-state index contributed by atoms with van der Waals surface area (Å²) in [4.78, 5) is 21.5. The number of anilines is 1. The number of methoxy groups -OCH3 is 1. The SMILES string of the molecule is COCCCN1CCOc2ccc(COC3CN(C(=O)OCCCCCCON(O)O)CC(O)C3OC3CCC(Oc4ccccc4)CC3)cc21. The summed E-state index contributed by atoms with van der Waals surface area (Å²) in [5.41, 5.74) is 1.98. The largest absolute Gasteiger partial charge is 0.490 e. The molecule has 3 atom stereocenters. The molecule has 0 radical (unpaired) electrons. The molecule has 284 valence electrons. The topological polar surface area (TPSA) is 152 Å². The van der Waals surface area contributed by atoms with Crippen LogP contribution in [0.5, 0.6) is 11.5 Å². The molecule has 2 fully saturated rings. The molecule has 2 aliphatic heterocycles. The third-order valence-electron chi connectivity index (χ3n) is 9.52. The lowest BCUT2D eigenvalue weighted by atomic mass is 9.93. The van der Waals surface area contributed by atoms with Crippen LogP contribution in [0.4, 0.5) is 10.5 Å². The predicted octanol–water partition coefficient (Wildman–Crippen LogP) is 4.97. The van der Waals surface area contributed by atoms with E-state index in [4.69, 9.17) is 38.8 Å². The van der Waals surface area contributed by atoms with Crippen molar-refractivity contribution in [2.24, 2.45) is 0 Å². The molecule has 1 amide bonds. The Balaban J connectivity index is 1.17. The van der Waals surface area contributed by atoms with Crippen LogP contribution in [-0.2, 0) is 30.4 Å². The van der Waals surface area contributed by atoms with Gasteiger partial charge >= 0.3 is 6.09 Å². The second-order valence-electron chi connectivity index (χ2n) is 13.4. The Bertz CT molecular complexity index is 1300. The van der Waals surface area contributed by atoms with Crippen molar-refractivity contribution < 1.29 is 53.6 Å². The van der Waals surface area contributed by atoms with Crippen LogP contribution >= 0.6 is 0 Å². The molecule has 5 rings (SSSR count). The first-order valence-corrected chi connectivity index (χ1v) is 18.3. The van der Waals surface area contributed by atoms with Crippen molar-refractivity contribution in [1.29, 1.82) is 0 Å². The molecule has 0 bridgehead atoms. The molecule has 3 aliphatic rings. The number of unbranched alkanes of at least 4 members (excludes halogenated alkanes) is 3. The van der Waals surface area contributed by atoms with Gasteiger partial charge in [0.25, 0.3) is 0 Å². The summed E-state index contributed by atoms with van der Waals surface area (Å²) in [6.45, 7) is 3.95. The van der Waals surface area contributed by atoms with Gasteiger partial charge in [-0.15, -0.1) is 0 Å². The molecule has 1 saturated carbocycles. The van der Waals surface area contributed by atoms with Crippen molar-refractivity contribution in [3.63, 3.8) is 0 Å². The van der Waals surface area contributed by atoms with E-state index in [2.05, 4.69) is 15.8 Å². The maximum Gasteiger partial charge on any atom is 0.409 e. The summed E-state index contributed by atoms with van der Waals surface area (Å²) in [7, 11) is 1.71. The first-order chi connectivity index (χ1) is 24.9. The van der Waals surface area contributed by atoms with Gasteiger partial charge in [-0.05, 0) is 81.2 Å². The zero-order chi connectivity index (χ0) is 35.8. The molecule has 2 aromatic rings. The van der Waals surface area contributed by atoms with Gasteiger partial charge in [0.15, 0.2) is 0 Å². The monoisotopic (exact) mass is 717 g/mol. The quantitative estimate of drug-likeness (QED) is 0.133. The van der Waals surface area contributed by atoms with Gasteiger partial charge in [0.2, 0.25) is 0 Å². The summed E-state index contributed by atoms with van der Waals surface area (Å²) in [5, 5.41) is 28.3. The lowest BCUT2D eigenvalue weighted by molar-refractivity contribution is -0.492. The Morgan fingerprint density at radius 1 is 0.922 bits per heavy atom. The van der Waals surface area contributed by atoms with Gasteiger partial charge in [-0.3, -0.25) is 15.3 Å². The van der Waals surface area contributed by atoms with Crippen LogP contribution in [0.15, 0.2) is 48.5 Å². The highest BCUT2D eigenvalue weighted by Crippen LogP contribution is 2.34. The molecule has 3 N–H and O–H groups in total. The summed E-state index contributed by atoms with van der Waals surface area (Å²) < 4.78 is 36.0. The number of carbonyl (C=O) groups excluding carboxylic acids is 1. The Hall–Kier alpha value is -3.21. The lowest BCUT2D eigenvalue weighted by Crippen LogP contribution is -2.59. The Morgan fingerprint density at radius 2 is 1.69 bits per heavy atom. The van der Waals surface area contributed by atoms with E-state index in [1.54, 1.807) is 7.11 Å². The minimum atomic E-state index is -0.958. The van der Waals surface area contributed by atoms with Crippen molar-refractivity contribution in [2.75, 3.05) is 64.6 Å². The zero-order valence-corrected chi connectivity index (χ0v) is 29.7. The first kappa shape index (κ1) is 39.0. The van der Waals surface area contributed by atoms with Gasteiger partial charge in [-0.25, -0.2) is 4.79 Å². The van der Waals surface area contributed by atoms with E-state index in [1.165, 1.54) is 4.90 Å². The number of aliphatic hydroxyl groups excluding tert-OH is 1. The maximum absolute atomic E-state index is 13.1. The highest BCUT2D eigenvalue weighted by atomic mass is 17.1. The minimum absolute atomic E-state index is 0.0605. The van der Waals surface area contributed by atoms with Crippen LogP contribution in [0, 0.1) is 0 Å². The summed E-state index contributed by atoms with van der Waals surface area (Å²) in [6, 6.07) is 15.9. The molecule has 14 heteroatoms. The fourth-order valence-electron chi connectivity index (χ4n) is 6.85. The number of hydrogen-bond donors (Lipinski definition) is 3. The van der Waals surface area contributed by atoms with Gasteiger partial charge in [0.1, 0.15) is 36.4 Å². The average Bonchev–Trinajstić information content (AvgIpc) is 3.14. The van der Waals surface area contributed by atoms with Crippen LogP contribution in [0.3, 0.4) is 0 Å². The van der Waals surface area contributed by atoms with E-state index in [-0.39, 0.29) is 50.5 Å². The molecule has 2 heterocycles. The number of rotatable bonds is 19. The van der Waals surface area contributed by atoms with E-state index in [1.807, 2.05) is 42.5 Å². The maximum atomic E-state index is 13.1. The van der Waals surface area contributed by atoms with Crippen molar-refractivity contribution >= 4 is 11.8 Å². The Morgan fingerprint density at radius 3 is 2.45 bits per heavy atom. The normalized spacial score (nSPS) is 23.5. The number of β-amino-alcohol motifs (C(OH)–C–C–N with tert-alkyl or cyclic N) is 1. The fraction of sp³-hybridized carbons (Fsp3) is 0.649. The highest BCUT2D eigenvalue weighted by molar-refractivity contribution is 5.68. The van der Waals surface area contributed by atoms with E-state index < -0.39 is 24.4 Å². The number of likely N-dealkylation sites (tertiary alicyclic amines) is 1. The van der Waals surface area contributed by atoms with Gasteiger partial charge in [-0.1, -0.05) is 30.7 Å². The van der Waals surface area contributed by atoms with Gasteiger partial charge in [0, 0.05) is 20.3 Å². The minimum Gasteiger partial charge on any atom is -0.490 e. The van der Waals surface area contributed by atoms with Crippen LogP contribution < -0.4 is 14.4 Å². The molecule has 0 aromatic heterocycles. The smallest absolute Gasteiger partial charge is 0.409 e. The summed E-state index contributed by atoms with van der Waals surface area (Å²) in [5.74, 6) is 1.70. The van der Waals surface area contributed by atoms with Crippen molar-refractivity contribution in [2.45, 2.75) is 94.9 Å². The third-order valence-corrected chi connectivity index (χ3v) is 9.52. The molecule has 14 nitrogen and oxygen atoms in total. The second-order valence-corrected chi connectivity index (χ2v) is 13.4. The van der Waals surface area contributed by atoms with E-state index in [0.717, 1.165) is 80.8 Å². The van der Waals surface area contributed by atoms with Crippen LogP contribution in [0.2, 0.25) is 0 Å². The number of hydrogen-bond acceptors (Lipinski definition) is 13.